The summed E-state index contributed by atoms with van der Waals surface area (Å²) in [4.78, 5) is 0. The molecular weight excluding hydrogens is 210 g/mol. The Balaban J connectivity index is 1.84. The molecule has 1 aliphatic heterocycles. The van der Waals surface area contributed by atoms with Gasteiger partial charge < -0.3 is 10.1 Å². The van der Waals surface area contributed by atoms with Gasteiger partial charge in [0, 0.05) is 12.5 Å². The van der Waals surface area contributed by atoms with Crippen LogP contribution in [-0.2, 0) is 6.42 Å². The summed E-state index contributed by atoms with van der Waals surface area (Å²) in [5.41, 5.74) is 2.71. The molecule has 2 atom stereocenters. The minimum Gasteiger partial charge on any atom is -0.490 e. The van der Waals surface area contributed by atoms with Gasteiger partial charge in [0.2, 0.25) is 0 Å². The second kappa shape index (κ2) is 5.54. The highest BCUT2D eigenvalue weighted by Crippen LogP contribution is 2.31. The number of fused-ring (bicyclic) bond motifs is 1. The van der Waals surface area contributed by atoms with E-state index in [0.29, 0.717) is 12.1 Å². The van der Waals surface area contributed by atoms with E-state index in [-0.39, 0.29) is 0 Å². The van der Waals surface area contributed by atoms with Crippen LogP contribution in [0.3, 0.4) is 0 Å². The van der Waals surface area contributed by atoms with Crippen LogP contribution in [0.1, 0.15) is 37.8 Å². The van der Waals surface area contributed by atoms with Crippen LogP contribution >= 0.6 is 0 Å². The molecular formula is C15H23NO. The first-order valence-corrected chi connectivity index (χ1v) is 6.68. The number of hydrogen-bond acceptors (Lipinski definition) is 2. The number of hydrogen-bond donors (Lipinski definition) is 1. The van der Waals surface area contributed by atoms with Crippen molar-refractivity contribution in [2.45, 2.75) is 52.2 Å². The summed E-state index contributed by atoms with van der Waals surface area (Å²) >= 11 is 0. The third kappa shape index (κ3) is 3.22. The lowest BCUT2D eigenvalue weighted by Gasteiger charge is -2.15. The van der Waals surface area contributed by atoms with Crippen LogP contribution in [0.4, 0.5) is 0 Å². The number of ether oxygens (including phenoxy) is 1. The van der Waals surface area contributed by atoms with Gasteiger partial charge in [-0.05, 0) is 44.9 Å². The van der Waals surface area contributed by atoms with E-state index in [1.165, 1.54) is 17.5 Å². The van der Waals surface area contributed by atoms with Gasteiger partial charge >= 0.3 is 0 Å². The Morgan fingerprint density at radius 2 is 2.29 bits per heavy atom. The van der Waals surface area contributed by atoms with Crippen molar-refractivity contribution >= 4 is 0 Å². The predicted octanol–water partition coefficient (Wildman–Crippen LogP) is 3.08. The van der Waals surface area contributed by atoms with Crippen molar-refractivity contribution in [3.8, 4) is 5.75 Å². The molecule has 0 saturated carbocycles. The molecule has 2 unspecified atom stereocenters. The zero-order valence-corrected chi connectivity index (χ0v) is 11.1. The summed E-state index contributed by atoms with van der Waals surface area (Å²) in [6.45, 7) is 7.59. The minimum atomic E-state index is 0.382. The number of rotatable bonds is 5. The van der Waals surface area contributed by atoms with Crippen LogP contribution in [0.2, 0.25) is 0 Å². The van der Waals surface area contributed by atoms with E-state index < -0.39 is 0 Å². The normalized spacial score (nSPS) is 19.8. The maximum atomic E-state index is 5.96. The Morgan fingerprint density at radius 3 is 3.06 bits per heavy atom. The Morgan fingerprint density at radius 1 is 1.47 bits per heavy atom. The molecule has 0 saturated heterocycles. The van der Waals surface area contributed by atoms with Gasteiger partial charge in [-0.3, -0.25) is 0 Å². The second-order valence-corrected chi connectivity index (χ2v) is 5.09. The first-order valence-electron chi connectivity index (χ1n) is 6.68. The molecule has 0 aliphatic carbocycles. The average Bonchev–Trinajstić information content (AvgIpc) is 2.68. The second-order valence-electron chi connectivity index (χ2n) is 5.09. The summed E-state index contributed by atoms with van der Waals surface area (Å²) in [5.74, 6) is 1.09. The average molecular weight is 233 g/mol. The van der Waals surface area contributed by atoms with Crippen molar-refractivity contribution in [3.05, 3.63) is 29.3 Å². The molecule has 1 aromatic rings. The monoisotopic (exact) mass is 233 g/mol. The maximum Gasteiger partial charge on any atom is 0.123 e. The lowest BCUT2D eigenvalue weighted by molar-refractivity contribution is 0.212. The molecule has 2 nitrogen and oxygen atoms in total. The van der Waals surface area contributed by atoms with Crippen molar-refractivity contribution < 1.29 is 4.74 Å². The summed E-state index contributed by atoms with van der Waals surface area (Å²) in [7, 11) is 0. The van der Waals surface area contributed by atoms with E-state index >= 15 is 0 Å². The minimum absolute atomic E-state index is 0.382. The van der Waals surface area contributed by atoms with E-state index in [1.54, 1.807) is 0 Å². The number of nitrogens with one attached hydrogen (secondary N) is 1. The lowest BCUT2D eigenvalue weighted by Crippen LogP contribution is -2.27. The molecule has 1 aliphatic rings. The third-order valence-electron chi connectivity index (χ3n) is 3.43. The SMILES string of the molecule is CCNC(C)CCC1Cc2cc(C)ccc2O1. The number of benzene rings is 1. The Bertz CT molecular complexity index is 375. The zero-order chi connectivity index (χ0) is 12.3. The molecule has 2 heteroatoms. The molecule has 0 bridgehead atoms. The summed E-state index contributed by atoms with van der Waals surface area (Å²) in [6, 6.07) is 7.08. The fourth-order valence-electron chi connectivity index (χ4n) is 2.50. The predicted molar refractivity (Wildman–Crippen MR) is 71.7 cm³/mol. The molecule has 17 heavy (non-hydrogen) atoms. The zero-order valence-electron chi connectivity index (χ0n) is 11.1. The van der Waals surface area contributed by atoms with Crippen LogP contribution in [0.25, 0.3) is 0 Å². The van der Waals surface area contributed by atoms with Gasteiger partial charge in [-0.2, -0.15) is 0 Å². The fourth-order valence-corrected chi connectivity index (χ4v) is 2.50. The molecule has 1 N–H and O–H groups in total. The van der Waals surface area contributed by atoms with Crippen LogP contribution in [0, 0.1) is 6.92 Å². The fraction of sp³-hybridized carbons (Fsp3) is 0.600. The van der Waals surface area contributed by atoms with Crippen LogP contribution < -0.4 is 10.1 Å². The van der Waals surface area contributed by atoms with Crippen molar-refractivity contribution in [2.75, 3.05) is 6.54 Å². The van der Waals surface area contributed by atoms with E-state index in [4.69, 9.17) is 4.74 Å². The van der Waals surface area contributed by atoms with Gasteiger partial charge in [0.05, 0.1) is 0 Å². The van der Waals surface area contributed by atoms with Gasteiger partial charge in [0.25, 0.3) is 0 Å². The van der Waals surface area contributed by atoms with E-state index in [9.17, 15) is 0 Å². The largest absolute Gasteiger partial charge is 0.490 e. The van der Waals surface area contributed by atoms with Crippen LogP contribution in [0.5, 0.6) is 5.75 Å². The van der Waals surface area contributed by atoms with Crippen molar-refractivity contribution in [3.63, 3.8) is 0 Å². The van der Waals surface area contributed by atoms with Crippen molar-refractivity contribution in [2.24, 2.45) is 0 Å². The quantitative estimate of drug-likeness (QED) is 0.844. The standard InChI is InChI=1S/C15H23NO/c1-4-16-12(3)6-7-14-10-13-9-11(2)5-8-15(13)17-14/h5,8-9,12,14,16H,4,6-7,10H2,1-3H3. The van der Waals surface area contributed by atoms with Gasteiger partial charge in [0.1, 0.15) is 11.9 Å². The molecule has 0 amide bonds. The molecule has 94 valence electrons. The highest BCUT2D eigenvalue weighted by molar-refractivity contribution is 5.40. The molecule has 0 spiro atoms. The molecule has 0 aromatic heterocycles. The first kappa shape index (κ1) is 12.4. The summed E-state index contributed by atoms with van der Waals surface area (Å²) < 4.78 is 5.96. The molecule has 1 heterocycles. The maximum absolute atomic E-state index is 5.96. The van der Waals surface area contributed by atoms with E-state index in [0.717, 1.165) is 25.1 Å². The Hall–Kier alpha value is -1.02. The third-order valence-corrected chi connectivity index (χ3v) is 3.43. The summed E-state index contributed by atoms with van der Waals surface area (Å²) in [6.07, 6.45) is 3.79. The van der Waals surface area contributed by atoms with Gasteiger partial charge in [0.15, 0.2) is 0 Å². The highest BCUT2D eigenvalue weighted by Gasteiger charge is 2.22. The lowest BCUT2D eigenvalue weighted by atomic mass is 10.0. The Kier molecular flexibility index (Phi) is 4.06. The van der Waals surface area contributed by atoms with Gasteiger partial charge in [-0.15, -0.1) is 0 Å². The molecule has 2 rings (SSSR count). The van der Waals surface area contributed by atoms with Crippen molar-refractivity contribution in [1.29, 1.82) is 0 Å². The first-order chi connectivity index (χ1) is 8.19. The summed E-state index contributed by atoms with van der Waals surface area (Å²) in [5, 5.41) is 3.44. The molecule has 0 fully saturated rings. The van der Waals surface area contributed by atoms with Gasteiger partial charge in [-0.25, -0.2) is 0 Å². The number of aryl methyl sites for hydroxylation is 1. The highest BCUT2D eigenvalue weighted by atomic mass is 16.5. The van der Waals surface area contributed by atoms with Gasteiger partial charge in [-0.1, -0.05) is 24.6 Å². The topological polar surface area (TPSA) is 21.3 Å². The van der Waals surface area contributed by atoms with Crippen LogP contribution in [0.15, 0.2) is 18.2 Å². The smallest absolute Gasteiger partial charge is 0.123 e. The van der Waals surface area contributed by atoms with E-state index in [1.807, 2.05) is 0 Å². The van der Waals surface area contributed by atoms with Crippen LogP contribution in [-0.4, -0.2) is 18.7 Å². The molecule has 1 aromatic carbocycles. The molecule has 0 radical (unpaired) electrons. The Labute approximate surface area is 104 Å². The van der Waals surface area contributed by atoms with E-state index in [2.05, 4.69) is 44.3 Å². The van der Waals surface area contributed by atoms with Crippen molar-refractivity contribution in [1.82, 2.24) is 5.32 Å².